The SMILES string of the molecule is N=C(N)c1ccccc1CSCC(O)CO. The normalized spacial score (nSPS) is 12.4. The Morgan fingerprint density at radius 3 is 2.75 bits per heavy atom. The minimum atomic E-state index is -0.686. The van der Waals surface area contributed by atoms with Crippen LogP contribution in [0.5, 0.6) is 0 Å². The van der Waals surface area contributed by atoms with Crippen molar-refractivity contribution in [3.05, 3.63) is 35.4 Å². The maximum absolute atomic E-state index is 9.18. The van der Waals surface area contributed by atoms with Gasteiger partial charge < -0.3 is 15.9 Å². The second-order valence-corrected chi connectivity index (χ2v) is 4.45. The molecular formula is C11H16N2O2S. The van der Waals surface area contributed by atoms with Crippen LogP contribution in [0, 0.1) is 5.41 Å². The predicted octanol–water partition coefficient (Wildman–Crippen LogP) is 0.557. The average molecular weight is 240 g/mol. The monoisotopic (exact) mass is 240 g/mol. The molecule has 0 amide bonds. The molecule has 1 rings (SSSR count). The van der Waals surface area contributed by atoms with Gasteiger partial charge in [-0.25, -0.2) is 0 Å². The lowest BCUT2D eigenvalue weighted by Gasteiger charge is -2.09. The van der Waals surface area contributed by atoms with Crippen LogP contribution in [0.1, 0.15) is 11.1 Å². The van der Waals surface area contributed by atoms with Gasteiger partial charge in [-0.05, 0) is 5.56 Å². The molecule has 16 heavy (non-hydrogen) atoms. The van der Waals surface area contributed by atoms with Gasteiger partial charge in [0.25, 0.3) is 0 Å². The third-order valence-corrected chi connectivity index (χ3v) is 3.22. The van der Waals surface area contributed by atoms with Crippen LogP contribution in [0.2, 0.25) is 0 Å². The van der Waals surface area contributed by atoms with Crippen LogP contribution in [-0.4, -0.2) is 34.5 Å². The molecule has 0 spiro atoms. The fourth-order valence-electron chi connectivity index (χ4n) is 1.27. The average Bonchev–Trinajstić information content (AvgIpc) is 2.29. The van der Waals surface area contributed by atoms with Gasteiger partial charge in [-0.3, -0.25) is 5.41 Å². The molecule has 0 fully saturated rings. The Balaban J connectivity index is 2.56. The van der Waals surface area contributed by atoms with E-state index in [9.17, 15) is 5.11 Å². The number of nitrogens with one attached hydrogen (secondary N) is 1. The van der Waals surface area contributed by atoms with Crippen LogP contribution < -0.4 is 5.73 Å². The second kappa shape index (κ2) is 6.52. The lowest BCUT2D eigenvalue weighted by Crippen LogP contribution is -2.16. The molecular weight excluding hydrogens is 224 g/mol. The van der Waals surface area contributed by atoms with E-state index in [0.29, 0.717) is 11.5 Å². The summed E-state index contributed by atoms with van der Waals surface area (Å²) in [4.78, 5) is 0. The van der Waals surface area contributed by atoms with Gasteiger partial charge in [0.15, 0.2) is 0 Å². The lowest BCUT2D eigenvalue weighted by atomic mass is 10.1. The fraction of sp³-hybridized carbons (Fsp3) is 0.364. The Bertz CT molecular complexity index is 358. The molecule has 1 aromatic carbocycles. The van der Waals surface area contributed by atoms with E-state index in [1.165, 1.54) is 11.8 Å². The first-order valence-corrected chi connectivity index (χ1v) is 6.09. The van der Waals surface area contributed by atoms with E-state index in [2.05, 4.69) is 0 Å². The number of rotatable bonds is 6. The zero-order valence-electron chi connectivity index (χ0n) is 8.89. The Morgan fingerprint density at radius 2 is 2.12 bits per heavy atom. The van der Waals surface area contributed by atoms with Crippen LogP contribution in [0.3, 0.4) is 0 Å². The van der Waals surface area contributed by atoms with Crippen molar-refractivity contribution in [3.63, 3.8) is 0 Å². The molecule has 0 aliphatic rings. The van der Waals surface area contributed by atoms with Crippen LogP contribution in [-0.2, 0) is 5.75 Å². The summed E-state index contributed by atoms with van der Waals surface area (Å²) in [6, 6.07) is 7.45. The number of nitrogen functional groups attached to an aromatic ring is 1. The third-order valence-electron chi connectivity index (χ3n) is 2.09. The van der Waals surface area contributed by atoms with Crippen LogP contribution in [0.4, 0.5) is 0 Å². The van der Waals surface area contributed by atoms with Crippen molar-refractivity contribution in [1.82, 2.24) is 0 Å². The second-order valence-electron chi connectivity index (χ2n) is 3.42. The standard InChI is InChI=1S/C11H16N2O2S/c12-11(13)10-4-2-1-3-8(10)6-16-7-9(15)5-14/h1-4,9,14-15H,5-7H2,(H3,12,13). The molecule has 4 nitrogen and oxygen atoms in total. The van der Waals surface area contributed by atoms with Gasteiger partial charge in [0.05, 0.1) is 12.7 Å². The minimum Gasteiger partial charge on any atom is -0.394 e. The van der Waals surface area contributed by atoms with Crippen molar-refractivity contribution in [2.24, 2.45) is 5.73 Å². The van der Waals surface area contributed by atoms with Crippen molar-refractivity contribution in [2.45, 2.75) is 11.9 Å². The van der Waals surface area contributed by atoms with E-state index in [1.54, 1.807) is 6.07 Å². The number of hydrogen-bond donors (Lipinski definition) is 4. The number of nitrogens with two attached hydrogens (primary N) is 1. The van der Waals surface area contributed by atoms with Crippen molar-refractivity contribution in [3.8, 4) is 0 Å². The molecule has 0 saturated heterocycles. The summed E-state index contributed by atoms with van der Waals surface area (Å²) in [7, 11) is 0. The Morgan fingerprint density at radius 1 is 1.44 bits per heavy atom. The summed E-state index contributed by atoms with van der Waals surface area (Å²) in [6.45, 7) is -0.221. The van der Waals surface area contributed by atoms with E-state index >= 15 is 0 Å². The number of thioether (sulfide) groups is 1. The van der Waals surface area contributed by atoms with Gasteiger partial charge in [0.2, 0.25) is 0 Å². The molecule has 88 valence electrons. The van der Waals surface area contributed by atoms with Crippen molar-refractivity contribution in [1.29, 1.82) is 5.41 Å². The molecule has 0 bridgehead atoms. The molecule has 0 aliphatic carbocycles. The Labute approximate surface area is 99.0 Å². The number of aliphatic hydroxyl groups is 2. The molecule has 1 aromatic rings. The van der Waals surface area contributed by atoms with Crippen molar-refractivity contribution in [2.75, 3.05) is 12.4 Å². The first kappa shape index (κ1) is 13.0. The predicted molar refractivity (Wildman–Crippen MR) is 66.7 cm³/mol. The molecule has 0 radical (unpaired) electrons. The molecule has 0 aliphatic heterocycles. The van der Waals surface area contributed by atoms with Crippen molar-refractivity contribution < 1.29 is 10.2 Å². The smallest absolute Gasteiger partial charge is 0.123 e. The number of amidine groups is 1. The van der Waals surface area contributed by atoms with E-state index < -0.39 is 6.10 Å². The maximum Gasteiger partial charge on any atom is 0.123 e. The fourth-order valence-corrected chi connectivity index (χ4v) is 2.23. The summed E-state index contributed by atoms with van der Waals surface area (Å²) < 4.78 is 0. The summed E-state index contributed by atoms with van der Waals surface area (Å²) >= 11 is 1.51. The highest BCUT2D eigenvalue weighted by Gasteiger charge is 2.06. The maximum atomic E-state index is 9.18. The first-order chi connectivity index (χ1) is 7.65. The molecule has 0 saturated carbocycles. The number of hydrogen-bond acceptors (Lipinski definition) is 4. The number of aliphatic hydroxyl groups excluding tert-OH is 2. The largest absolute Gasteiger partial charge is 0.394 e. The van der Waals surface area contributed by atoms with E-state index in [0.717, 1.165) is 11.1 Å². The highest BCUT2D eigenvalue weighted by molar-refractivity contribution is 7.98. The first-order valence-electron chi connectivity index (χ1n) is 4.94. The molecule has 5 N–H and O–H groups in total. The molecule has 1 atom stereocenters. The van der Waals surface area contributed by atoms with Gasteiger partial charge in [0, 0.05) is 17.1 Å². The summed E-state index contributed by atoms with van der Waals surface area (Å²) in [5, 5.41) is 25.2. The van der Waals surface area contributed by atoms with Gasteiger partial charge in [-0.2, -0.15) is 11.8 Å². The van der Waals surface area contributed by atoms with Crippen LogP contribution >= 0.6 is 11.8 Å². The van der Waals surface area contributed by atoms with E-state index in [-0.39, 0.29) is 12.4 Å². The molecule has 5 heteroatoms. The molecule has 0 aromatic heterocycles. The lowest BCUT2D eigenvalue weighted by molar-refractivity contribution is 0.113. The Kier molecular flexibility index (Phi) is 5.31. The van der Waals surface area contributed by atoms with Gasteiger partial charge in [0.1, 0.15) is 5.84 Å². The van der Waals surface area contributed by atoms with Crippen LogP contribution in [0.15, 0.2) is 24.3 Å². The highest BCUT2D eigenvalue weighted by atomic mass is 32.2. The van der Waals surface area contributed by atoms with E-state index in [1.807, 2.05) is 18.2 Å². The topological polar surface area (TPSA) is 90.3 Å². The highest BCUT2D eigenvalue weighted by Crippen LogP contribution is 2.16. The summed E-state index contributed by atoms with van der Waals surface area (Å²) in [6.07, 6.45) is -0.686. The van der Waals surface area contributed by atoms with Gasteiger partial charge >= 0.3 is 0 Å². The van der Waals surface area contributed by atoms with Crippen molar-refractivity contribution >= 4 is 17.6 Å². The summed E-state index contributed by atoms with van der Waals surface area (Å²) in [5.74, 6) is 1.20. The van der Waals surface area contributed by atoms with Gasteiger partial charge in [-0.15, -0.1) is 0 Å². The zero-order chi connectivity index (χ0) is 12.0. The quantitative estimate of drug-likeness (QED) is 0.432. The third kappa shape index (κ3) is 3.84. The minimum absolute atomic E-state index is 0.0545. The van der Waals surface area contributed by atoms with Crippen LogP contribution in [0.25, 0.3) is 0 Å². The van der Waals surface area contributed by atoms with E-state index in [4.69, 9.17) is 16.2 Å². The summed E-state index contributed by atoms with van der Waals surface area (Å²) in [5.41, 5.74) is 7.16. The van der Waals surface area contributed by atoms with Gasteiger partial charge in [-0.1, -0.05) is 24.3 Å². The molecule has 0 heterocycles. The molecule has 1 unspecified atom stereocenters. The zero-order valence-corrected chi connectivity index (χ0v) is 9.70. The number of benzene rings is 1. The Hall–Kier alpha value is -1.04.